The SMILES string of the molecule is Cc1oc(-c2ccccc2Cl)nc1CN1CCC[C@H]1c1ccc(F)cc1. The van der Waals surface area contributed by atoms with Crippen LogP contribution in [-0.4, -0.2) is 16.4 Å². The van der Waals surface area contributed by atoms with Crippen LogP contribution < -0.4 is 0 Å². The van der Waals surface area contributed by atoms with Gasteiger partial charge in [0.15, 0.2) is 0 Å². The van der Waals surface area contributed by atoms with E-state index in [2.05, 4.69) is 4.90 Å². The highest BCUT2D eigenvalue weighted by atomic mass is 35.5. The summed E-state index contributed by atoms with van der Waals surface area (Å²) in [5.41, 5.74) is 2.88. The van der Waals surface area contributed by atoms with Crippen molar-refractivity contribution in [3.63, 3.8) is 0 Å². The molecule has 1 aliphatic rings. The largest absolute Gasteiger partial charge is 0.441 e. The highest BCUT2D eigenvalue weighted by Gasteiger charge is 2.27. The molecule has 3 aromatic rings. The van der Waals surface area contributed by atoms with E-state index < -0.39 is 0 Å². The monoisotopic (exact) mass is 370 g/mol. The normalized spacial score (nSPS) is 17.7. The van der Waals surface area contributed by atoms with Crippen molar-refractivity contribution in [2.45, 2.75) is 32.4 Å². The molecule has 0 bridgehead atoms. The minimum atomic E-state index is -0.199. The molecule has 5 heteroatoms. The lowest BCUT2D eigenvalue weighted by atomic mass is 10.0. The molecule has 2 heterocycles. The molecule has 0 N–H and O–H groups in total. The Morgan fingerprint density at radius 1 is 1.19 bits per heavy atom. The molecule has 0 radical (unpaired) electrons. The van der Waals surface area contributed by atoms with E-state index in [-0.39, 0.29) is 11.9 Å². The van der Waals surface area contributed by atoms with Gasteiger partial charge in [-0.2, -0.15) is 0 Å². The van der Waals surface area contributed by atoms with Gasteiger partial charge in [-0.15, -0.1) is 0 Å². The minimum Gasteiger partial charge on any atom is -0.441 e. The van der Waals surface area contributed by atoms with Gasteiger partial charge in [0.05, 0.1) is 16.3 Å². The molecule has 3 nitrogen and oxygen atoms in total. The van der Waals surface area contributed by atoms with Gasteiger partial charge < -0.3 is 4.42 Å². The first kappa shape index (κ1) is 17.3. The van der Waals surface area contributed by atoms with E-state index in [1.54, 1.807) is 0 Å². The first-order valence-corrected chi connectivity index (χ1v) is 9.20. The van der Waals surface area contributed by atoms with Crippen LogP contribution in [0.2, 0.25) is 5.02 Å². The maximum Gasteiger partial charge on any atom is 0.228 e. The fraction of sp³-hybridized carbons (Fsp3) is 0.286. The van der Waals surface area contributed by atoms with Gasteiger partial charge in [0, 0.05) is 12.6 Å². The topological polar surface area (TPSA) is 29.3 Å². The van der Waals surface area contributed by atoms with Crippen LogP contribution in [0.15, 0.2) is 52.9 Å². The Labute approximate surface area is 157 Å². The quantitative estimate of drug-likeness (QED) is 0.583. The predicted molar refractivity (Wildman–Crippen MR) is 100 cm³/mol. The molecule has 1 aliphatic heterocycles. The molecule has 0 unspecified atom stereocenters. The number of oxazole rings is 1. The number of benzene rings is 2. The van der Waals surface area contributed by atoms with E-state index in [4.69, 9.17) is 21.0 Å². The highest BCUT2D eigenvalue weighted by Crippen LogP contribution is 2.34. The summed E-state index contributed by atoms with van der Waals surface area (Å²) < 4.78 is 19.1. The van der Waals surface area contributed by atoms with E-state index in [9.17, 15) is 4.39 Å². The highest BCUT2D eigenvalue weighted by molar-refractivity contribution is 6.33. The number of halogens is 2. The molecule has 1 fully saturated rings. The second-order valence-electron chi connectivity index (χ2n) is 6.68. The van der Waals surface area contributed by atoms with Crippen LogP contribution in [-0.2, 0) is 6.54 Å². The zero-order valence-electron chi connectivity index (χ0n) is 14.6. The van der Waals surface area contributed by atoms with Crippen molar-refractivity contribution < 1.29 is 8.81 Å². The van der Waals surface area contributed by atoms with Crippen LogP contribution >= 0.6 is 11.6 Å². The molecule has 4 rings (SSSR count). The number of likely N-dealkylation sites (tertiary alicyclic amines) is 1. The van der Waals surface area contributed by atoms with E-state index in [0.717, 1.165) is 42.0 Å². The first-order valence-electron chi connectivity index (χ1n) is 8.82. The number of rotatable bonds is 4. The third kappa shape index (κ3) is 3.39. The average molecular weight is 371 g/mol. The lowest BCUT2D eigenvalue weighted by molar-refractivity contribution is 0.244. The summed E-state index contributed by atoms with van der Waals surface area (Å²) in [5.74, 6) is 1.17. The smallest absolute Gasteiger partial charge is 0.228 e. The predicted octanol–water partition coefficient (Wildman–Crippen LogP) is 5.78. The second kappa shape index (κ2) is 7.22. The van der Waals surface area contributed by atoms with Gasteiger partial charge in [-0.25, -0.2) is 9.37 Å². The van der Waals surface area contributed by atoms with E-state index in [1.807, 2.05) is 43.3 Å². The number of hydrogen-bond donors (Lipinski definition) is 0. The molecule has 1 saturated heterocycles. The summed E-state index contributed by atoms with van der Waals surface area (Å²) in [7, 11) is 0. The Hall–Kier alpha value is -2.17. The lowest BCUT2D eigenvalue weighted by Crippen LogP contribution is -2.23. The van der Waals surface area contributed by atoms with Crippen LogP contribution in [0, 0.1) is 12.7 Å². The maximum absolute atomic E-state index is 13.2. The van der Waals surface area contributed by atoms with Crippen LogP contribution in [0.5, 0.6) is 0 Å². The summed E-state index contributed by atoms with van der Waals surface area (Å²) in [4.78, 5) is 7.08. The number of hydrogen-bond acceptors (Lipinski definition) is 3. The summed E-state index contributed by atoms with van der Waals surface area (Å²) >= 11 is 6.27. The van der Waals surface area contributed by atoms with E-state index >= 15 is 0 Å². The Balaban J connectivity index is 1.57. The fourth-order valence-electron chi connectivity index (χ4n) is 3.59. The van der Waals surface area contributed by atoms with Gasteiger partial charge in [-0.1, -0.05) is 35.9 Å². The molecule has 0 aliphatic carbocycles. The molecular weight excluding hydrogens is 351 g/mol. The van der Waals surface area contributed by atoms with Gasteiger partial charge in [0.1, 0.15) is 11.6 Å². The van der Waals surface area contributed by atoms with Crippen molar-refractivity contribution in [1.82, 2.24) is 9.88 Å². The fourth-order valence-corrected chi connectivity index (χ4v) is 3.81. The average Bonchev–Trinajstić information content (AvgIpc) is 3.24. The maximum atomic E-state index is 13.2. The Kier molecular flexibility index (Phi) is 4.79. The van der Waals surface area contributed by atoms with Crippen molar-refractivity contribution in [2.75, 3.05) is 6.54 Å². The molecule has 26 heavy (non-hydrogen) atoms. The van der Waals surface area contributed by atoms with Crippen molar-refractivity contribution in [1.29, 1.82) is 0 Å². The molecule has 134 valence electrons. The van der Waals surface area contributed by atoms with Crippen molar-refractivity contribution in [2.24, 2.45) is 0 Å². The van der Waals surface area contributed by atoms with Crippen LogP contribution in [0.1, 0.15) is 35.9 Å². The Bertz CT molecular complexity index is 907. The second-order valence-corrected chi connectivity index (χ2v) is 7.09. The van der Waals surface area contributed by atoms with E-state index in [0.29, 0.717) is 17.5 Å². The number of aromatic nitrogens is 1. The number of aryl methyl sites for hydroxylation is 1. The summed E-state index contributed by atoms with van der Waals surface area (Å²) in [5, 5.41) is 0.630. The lowest BCUT2D eigenvalue weighted by Gasteiger charge is -2.24. The molecule has 2 aromatic carbocycles. The Morgan fingerprint density at radius 3 is 2.73 bits per heavy atom. The number of nitrogens with zero attached hydrogens (tertiary/aromatic N) is 2. The van der Waals surface area contributed by atoms with Crippen molar-refractivity contribution in [3.8, 4) is 11.5 Å². The Morgan fingerprint density at radius 2 is 1.96 bits per heavy atom. The zero-order valence-corrected chi connectivity index (χ0v) is 15.3. The van der Waals surface area contributed by atoms with Gasteiger partial charge in [-0.05, 0) is 56.1 Å². The minimum absolute atomic E-state index is 0.199. The third-order valence-electron chi connectivity index (χ3n) is 4.97. The van der Waals surface area contributed by atoms with Crippen LogP contribution in [0.3, 0.4) is 0 Å². The van der Waals surface area contributed by atoms with Gasteiger partial charge >= 0.3 is 0 Å². The van der Waals surface area contributed by atoms with Crippen LogP contribution in [0.25, 0.3) is 11.5 Å². The standard InChI is InChI=1S/C21H20ClFN2O/c1-14-19(24-21(26-14)17-5-2-3-6-18(17)22)13-25-12-4-7-20(25)15-8-10-16(23)11-9-15/h2-3,5-6,8-11,20H,4,7,12-13H2,1H3/t20-/m0/s1. The molecule has 1 aromatic heterocycles. The van der Waals surface area contributed by atoms with Crippen LogP contribution in [0.4, 0.5) is 4.39 Å². The summed E-state index contributed by atoms with van der Waals surface area (Å²) in [6.07, 6.45) is 2.19. The third-order valence-corrected chi connectivity index (χ3v) is 5.30. The first-order chi connectivity index (χ1) is 12.6. The molecular formula is C21H20ClFN2O. The molecule has 0 spiro atoms. The summed E-state index contributed by atoms with van der Waals surface area (Å²) in [6.45, 7) is 3.64. The molecule has 1 atom stereocenters. The van der Waals surface area contributed by atoms with Crippen molar-refractivity contribution >= 4 is 11.6 Å². The van der Waals surface area contributed by atoms with Gasteiger partial charge in [0.25, 0.3) is 0 Å². The van der Waals surface area contributed by atoms with Gasteiger partial charge in [0.2, 0.25) is 5.89 Å². The zero-order chi connectivity index (χ0) is 18.1. The summed E-state index contributed by atoms with van der Waals surface area (Å²) in [6, 6.07) is 14.7. The van der Waals surface area contributed by atoms with Crippen molar-refractivity contribution in [3.05, 3.63) is 76.4 Å². The molecule has 0 amide bonds. The molecule has 0 saturated carbocycles. The van der Waals surface area contributed by atoms with Gasteiger partial charge in [-0.3, -0.25) is 4.90 Å². The van der Waals surface area contributed by atoms with E-state index in [1.165, 1.54) is 12.1 Å².